The zero-order valence-corrected chi connectivity index (χ0v) is 22.0. The minimum atomic E-state index is -4.49. The third kappa shape index (κ3) is 6.34. The number of aryl methyl sites for hydroxylation is 1. The maximum absolute atomic E-state index is 11.1. The summed E-state index contributed by atoms with van der Waals surface area (Å²) in [5.41, 5.74) is 3.18. The van der Waals surface area contributed by atoms with Crippen LogP contribution in [-0.4, -0.2) is 37.4 Å². The van der Waals surface area contributed by atoms with E-state index in [0.29, 0.717) is 12.1 Å². The molecule has 1 aromatic carbocycles. The Labute approximate surface area is 210 Å². The molecular weight excluding hydrogens is 463 g/mol. The van der Waals surface area contributed by atoms with Gasteiger partial charge < -0.3 is 9.11 Å². The number of aliphatic imine (C=N–C) groups is 1. The molecule has 0 amide bonds. The first kappa shape index (κ1) is 26.8. The van der Waals surface area contributed by atoms with Crippen LogP contribution in [-0.2, 0) is 32.2 Å². The molecular formula is C21H23N2NaO6S2. The minimum Gasteiger partial charge on any atom is -0.748 e. The van der Waals surface area contributed by atoms with Crippen molar-refractivity contribution in [3.63, 3.8) is 0 Å². The van der Waals surface area contributed by atoms with Gasteiger partial charge in [-0.05, 0) is 55.9 Å². The first-order valence-electron chi connectivity index (χ1n) is 9.59. The molecule has 0 atom stereocenters. The van der Waals surface area contributed by atoms with Crippen LogP contribution in [0.2, 0.25) is 0 Å². The van der Waals surface area contributed by atoms with Crippen LogP contribution in [0.3, 0.4) is 0 Å². The van der Waals surface area contributed by atoms with E-state index in [1.807, 2.05) is 29.8 Å². The van der Waals surface area contributed by atoms with E-state index in [4.69, 9.17) is 0 Å². The fourth-order valence-corrected chi connectivity index (χ4v) is 4.31. The van der Waals surface area contributed by atoms with Gasteiger partial charge in [0.15, 0.2) is 0 Å². The molecule has 0 N–H and O–H groups in total. The number of rotatable bonds is 7. The third-order valence-corrected chi connectivity index (χ3v) is 7.05. The summed E-state index contributed by atoms with van der Waals surface area (Å²) >= 11 is 0. The van der Waals surface area contributed by atoms with Crippen LogP contribution in [0.25, 0.3) is 12.2 Å². The largest absolute Gasteiger partial charge is 1.00 e. The van der Waals surface area contributed by atoms with E-state index in [1.54, 1.807) is 18.2 Å². The van der Waals surface area contributed by atoms with Gasteiger partial charge in [0.25, 0.3) is 0 Å². The molecule has 32 heavy (non-hydrogen) atoms. The number of nitrogens with zero attached hydrogens (tertiary/aromatic N) is 2. The summed E-state index contributed by atoms with van der Waals surface area (Å²) in [6, 6.07) is 7.60. The van der Waals surface area contributed by atoms with Crippen LogP contribution < -0.4 is 34.1 Å². The molecule has 0 saturated carbocycles. The molecule has 2 aromatic rings. The second-order valence-corrected chi connectivity index (χ2v) is 10.9. The molecule has 0 unspecified atom stereocenters. The molecule has 11 heteroatoms. The van der Waals surface area contributed by atoms with Crippen LogP contribution >= 0.6 is 0 Å². The van der Waals surface area contributed by atoms with Gasteiger partial charge in [-0.3, -0.25) is 0 Å². The Kier molecular flexibility index (Phi) is 8.26. The average Bonchev–Trinajstić information content (AvgIpc) is 2.88. The Hall–Kier alpha value is -1.40. The second-order valence-electron chi connectivity index (χ2n) is 8.00. The van der Waals surface area contributed by atoms with Crippen molar-refractivity contribution >= 4 is 43.9 Å². The Morgan fingerprint density at radius 1 is 1.03 bits per heavy atom. The molecule has 8 nitrogen and oxygen atoms in total. The number of fused-ring (bicyclic) bond motifs is 1. The normalized spacial score (nSPS) is 15.3. The van der Waals surface area contributed by atoms with E-state index < -0.39 is 26.0 Å². The predicted octanol–water partition coefficient (Wildman–Crippen LogP) is -0.628. The van der Waals surface area contributed by atoms with Crippen LogP contribution in [0.1, 0.15) is 43.9 Å². The van der Waals surface area contributed by atoms with E-state index in [0.717, 1.165) is 22.7 Å². The summed E-state index contributed by atoms with van der Waals surface area (Å²) < 4.78 is 67.9. The van der Waals surface area contributed by atoms with Crippen LogP contribution in [0, 0.1) is 0 Å². The molecule has 1 aromatic heterocycles. The van der Waals surface area contributed by atoms with Gasteiger partial charge in [0.2, 0.25) is 0 Å². The molecule has 2 heterocycles. The van der Waals surface area contributed by atoms with E-state index in [1.165, 1.54) is 12.1 Å². The van der Waals surface area contributed by atoms with Crippen molar-refractivity contribution in [2.24, 2.45) is 4.99 Å². The maximum Gasteiger partial charge on any atom is 1.00 e. The summed E-state index contributed by atoms with van der Waals surface area (Å²) in [6.45, 7) is 6.38. The molecule has 0 spiro atoms. The number of pyridine rings is 1. The van der Waals surface area contributed by atoms with Crippen molar-refractivity contribution in [1.82, 2.24) is 0 Å². The summed E-state index contributed by atoms with van der Waals surface area (Å²) in [5.74, 6) is 0.295. The summed E-state index contributed by atoms with van der Waals surface area (Å²) in [5, 5.41) is 0. The quantitative estimate of drug-likeness (QED) is 0.291. The molecule has 0 fully saturated rings. The smallest absolute Gasteiger partial charge is 0.748 e. The fraction of sp³-hybridized carbons (Fsp3) is 0.333. The van der Waals surface area contributed by atoms with Gasteiger partial charge in [0.1, 0.15) is 15.8 Å². The number of aromatic nitrogens is 1. The fourth-order valence-electron chi connectivity index (χ4n) is 3.35. The first-order valence-corrected chi connectivity index (χ1v) is 12.6. The Morgan fingerprint density at radius 3 is 2.19 bits per heavy atom. The van der Waals surface area contributed by atoms with Gasteiger partial charge >= 0.3 is 35.4 Å². The van der Waals surface area contributed by atoms with Gasteiger partial charge in [-0.15, -0.1) is 0 Å². The van der Waals surface area contributed by atoms with Gasteiger partial charge in [-0.2, -0.15) is 0 Å². The van der Waals surface area contributed by atoms with Crippen LogP contribution in [0.4, 0.5) is 5.82 Å². The molecule has 0 bridgehead atoms. The zero-order valence-electron chi connectivity index (χ0n) is 18.4. The Bertz CT molecular complexity index is 1280. The van der Waals surface area contributed by atoms with Crippen molar-refractivity contribution in [2.75, 3.05) is 5.75 Å². The monoisotopic (exact) mass is 486 g/mol. The number of benzene rings is 1. The molecule has 3 rings (SSSR count). The number of hydrogen-bond acceptors (Lipinski definition) is 7. The second kappa shape index (κ2) is 9.84. The number of hydrogen-bond donors (Lipinski definition) is 0. The standard InChI is InChI=1S/C21H24N2O6S2.Na/c1-15-21(2,3)19-13-17(6-5-16-7-9-18(10-8-16)31(27,28)29)14-23(20(19)22-15)11-4-12-30(24,25)26;/h5-10,13-14H,4,11-12H2,1-3H3,(H-,24,25,26,27,28,29);/q;+1/p-1/b6-5+;. The van der Waals surface area contributed by atoms with Crippen molar-refractivity contribution in [3.8, 4) is 0 Å². The van der Waals surface area contributed by atoms with Crippen molar-refractivity contribution < 1.29 is 60.1 Å². The van der Waals surface area contributed by atoms with Crippen LogP contribution in [0.5, 0.6) is 0 Å². The Morgan fingerprint density at radius 2 is 1.62 bits per heavy atom. The van der Waals surface area contributed by atoms with Crippen molar-refractivity contribution in [1.29, 1.82) is 0 Å². The van der Waals surface area contributed by atoms with Gasteiger partial charge in [0.05, 0.1) is 38.7 Å². The maximum atomic E-state index is 11.1. The topological polar surface area (TPSA) is 131 Å². The zero-order chi connectivity index (χ0) is 23.0. The summed E-state index contributed by atoms with van der Waals surface area (Å²) in [6.07, 6.45) is 5.63. The minimum absolute atomic E-state index is 0. The van der Waals surface area contributed by atoms with E-state index in [-0.39, 0.29) is 46.3 Å². The molecule has 0 radical (unpaired) electrons. The van der Waals surface area contributed by atoms with Gasteiger partial charge in [0, 0.05) is 11.3 Å². The van der Waals surface area contributed by atoms with E-state index >= 15 is 0 Å². The molecule has 1 aliphatic rings. The predicted molar refractivity (Wildman–Crippen MR) is 115 cm³/mol. The summed E-state index contributed by atoms with van der Waals surface area (Å²) in [4.78, 5) is 4.36. The SMILES string of the molecule is CC1=Nc2c(cc(/C=C/c3ccc(S(=O)(=O)[O-])cc3)c[n+]2CCCS(=O)(=O)[O-])C1(C)C.[Na+]. The van der Waals surface area contributed by atoms with E-state index in [9.17, 15) is 25.9 Å². The molecule has 0 aliphatic carbocycles. The van der Waals surface area contributed by atoms with E-state index in [2.05, 4.69) is 18.8 Å². The Balaban J connectivity index is 0.00000363. The van der Waals surface area contributed by atoms with Crippen molar-refractivity contribution in [2.45, 2.75) is 44.0 Å². The van der Waals surface area contributed by atoms with Crippen molar-refractivity contribution in [3.05, 3.63) is 53.2 Å². The molecule has 0 saturated heterocycles. The first-order chi connectivity index (χ1) is 14.3. The van der Waals surface area contributed by atoms with Crippen LogP contribution in [0.15, 0.2) is 46.4 Å². The van der Waals surface area contributed by atoms with Gasteiger partial charge in [-0.25, -0.2) is 21.4 Å². The summed E-state index contributed by atoms with van der Waals surface area (Å²) in [7, 11) is -8.78. The van der Waals surface area contributed by atoms with Gasteiger partial charge in [-0.1, -0.05) is 24.3 Å². The average molecular weight is 487 g/mol. The molecule has 166 valence electrons. The third-order valence-electron chi connectivity index (χ3n) is 5.41. The molecule has 1 aliphatic heterocycles.